The molecule has 0 saturated heterocycles. The van der Waals surface area contributed by atoms with Crippen molar-refractivity contribution in [3.63, 3.8) is 0 Å². The van der Waals surface area contributed by atoms with Crippen LogP contribution in [0.25, 0.3) is 0 Å². The second-order valence-corrected chi connectivity index (χ2v) is 1.81. The molecule has 0 unspecified atom stereocenters. The monoisotopic (exact) mass is 173 g/mol. The summed E-state index contributed by atoms with van der Waals surface area (Å²) in [4.78, 5) is 25.3. The van der Waals surface area contributed by atoms with E-state index in [2.05, 4.69) is 14.7 Å². The van der Waals surface area contributed by atoms with Gasteiger partial charge in [-0.3, -0.25) is 0 Å². The van der Waals surface area contributed by atoms with Crippen LogP contribution in [-0.4, -0.2) is 31.7 Å². The molecule has 0 aliphatic heterocycles. The normalized spacial score (nSPS) is 10.7. The minimum atomic E-state index is -0.619. The Morgan fingerprint density at radius 1 is 1.58 bits per heavy atom. The van der Waals surface area contributed by atoms with Gasteiger partial charge in [0.1, 0.15) is 13.4 Å². The van der Waals surface area contributed by atoms with Crippen molar-refractivity contribution < 1.29 is 19.2 Å². The van der Waals surface area contributed by atoms with Gasteiger partial charge in [0.05, 0.1) is 13.0 Å². The lowest BCUT2D eigenvalue weighted by Crippen LogP contribution is -2.18. The lowest BCUT2D eigenvalue weighted by atomic mass is 10.3. The van der Waals surface area contributed by atoms with E-state index in [1.54, 1.807) is 6.92 Å². The van der Waals surface area contributed by atoms with Gasteiger partial charge in [0.2, 0.25) is 0 Å². The van der Waals surface area contributed by atoms with E-state index in [1.165, 1.54) is 7.11 Å². The highest BCUT2D eigenvalue weighted by Gasteiger charge is 2.12. The third kappa shape index (κ3) is 3.70. The fraction of sp³-hybridized carbons (Fsp3) is 0.571. The summed E-state index contributed by atoms with van der Waals surface area (Å²) in [5.74, 6) is -0.619. The topological polar surface area (TPSA) is 65.0 Å². The zero-order valence-corrected chi connectivity index (χ0v) is 7.07. The summed E-state index contributed by atoms with van der Waals surface area (Å²) >= 11 is 0. The second kappa shape index (κ2) is 6.33. The minimum Gasteiger partial charge on any atom is -0.461 e. The highest BCUT2D eigenvalue weighted by Crippen LogP contribution is 1.90. The van der Waals surface area contributed by atoms with E-state index in [-0.39, 0.29) is 18.7 Å². The molecule has 0 spiro atoms. The Labute approximate surface area is 70.3 Å². The first-order chi connectivity index (χ1) is 5.76. The van der Waals surface area contributed by atoms with Crippen molar-refractivity contribution >= 4 is 18.0 Å². The summed E-state index contributed by atoms with van der Waals surface area (Å²) in [5, 5.41) is 3.34. The quantitative estimate of drug-likeness (QED) is 0.257. The van der Waals surface area contributed by atoms with Gasteiger partial charge >= 0.3 is 5.97 Å². The van der Waals surface area contributed by atoms with Crippen LogP contribution in [0, 0.1) is 0 Å². The van der Waals surface area contributed by atoms with Crippen molar-refractivity contribution in [3.8, 4) is 0 Å². The van der Waals surface area contributed by atoms with Gasteiger partial charge in [-0.15, -0.1) is 0 Å². The third-order valence-corrected chi connectivity index (χ3v) is 0.989. The van der Waals surface area contributed by atoms with E-state index in [0.717, 1.165) is 0 Å². The highest BCUT2D eigenvalue weighted by molar-refractivity contribution is 6.38. The second-order valence-electron chi connectivity index (χ2n) is 1.81. The molecule has 0 aliphatic carbocycles. The molecule has 0 radical (unpaired) electrons. The molecule has 0 aromatic rings. The molecule has 12 heavy (non-hydrogen) atoms. The zero-order valence-electron chi connectivity index (χ0n) is 7.07. The molecular weight excluding hydrogens is 162 g/mol. The van der Waals surface area contributed by atoms with Crippen LogP contribution in [0.5, 0.6) is 0 Å². The van der Waals surface area contributed by atoms with Crippen molar-refractivity contribution in [1.29, 1.82) is 0 Å². The third-order valence-electron chi connectivity index (χ3n) is 0.989. The van der Waals surface area contributed by atoms with Crippen LogP contribution in [0.4, 0.5) is 0 Å². The maximum absolute atomic E-state index is 10.9. The van der Waals surface area contributed by atoms with E-state index in [4.69, 9.17) is 0 Å². The Morgan fingerprint density at radius 2 is 2.25 bits per heavy atom. The summed E-state index contributed by atoms with van der Waals surface area (Å²) in [6.07, 6.45) is 0.474. The molecule has 0 saturated carbocycles. The van der Waals surface area contributed by atoms with Crippen LogP contribution < -0.4 is 0 Å². The number of esters is 1. The molecule has 0 atom stereocenters. The number of nitrogens with zero attached hydrogens (tertiary/aromatic N) is 1. The Hall–Kier alpha value is -1.39. The average molecular weight is 173 g/mol. The standard InChI is InChI=1S/C7H11NO4/c1-3-12-7(10)6(4-5-9)8-11-2/h5H,3-4H2,1-2H3. The number of oxime groups is 1. The van der Waals surface area contributed by atoms with Gasteiger partial charge in [-0.25, -0.2) is 4.79 Å². The van der Waals surface area contributed by atoms with Gasteiger partial charge < -0.3 is 14.4 Å². The number of rotatable bonds is 5. The zero-order chi connectivity index (χ0) is 9.40. The maximum Gasteiger partial charge on any atom is 0.356 e. The minimum absolute atomic E-state index is 0.0191. The molecular formula is C7H11NO4. The number of carbonyl (C=O) groups is 2. The van der Waals surface area contributed by atoms with Gasteiger partial charge in [-0.1, -0.05) is 5.16 Å². The molecule has 0 heterocycles. The lowest BCUT2D eigenvalue weighted by molar-refractivity contribution is -0.135. The van der Waals surface area contributed by atoms with Crippen LogP contribution in [0.3, 0.4) is 0 Å². The predicted molar refractivity (Wildman–Crippen MR) is 41.8 cm³/mol. The smallest absolute Gasteiger partial charge is 0.356 e. The van der Waals surface area contributed by atoms with Gasteiger partial charge in [0.25, 0.3) is 0 Å². The van der Waals surface area contributed by atoms with Gasteiger partial charge in [-0.2, -0.15) is 0 Å². The van der Waals surface area contributed by atoms with Gasteiger partial charge in [0.15, 0.2) is 5.71 Å². The molecule has 0 aromatic carbocycles. The largest absolute Gasteiger partial charge is 0.461 e. The summed E-state index contributed by atoms with van der Waals surface area (Å²) in [6.45, 7) is 1.92. The first kappa shape index (κ1) is 10.6. The maximum atomic E-state index is 10.9. The van der Waals surface area contributed by atoms with E-state index in [9.17, 15) is 9.59 Å². The summed E-state index contributed by atoms with van der Waals surface area (Å²) in [6, 6.07) is 0. The van der Waals surface area contributed by atoms with E-state index < -0.39 is 5.97 Å². The van der Waals surface area contributed by atoms with E-state index in [1.807, 2.05) is 0 Å². The number of ether oxygens (including phenoxy) is 1. The Morgan fingerprint density at radius 3 is 2.67 bits per heavy atom. The lowest BCUT2D eigenvalue weighted by Gasteiger charge is -2.00. The molecule has 0 N–H and O–H groups in total. The first-order valence-electron chi connectivity index (χ1n) is 3.47. The molecule has 5 heteroatoms. The number of aldehydes is 1. The molecule has 5 nitrogen and oxygen atoms in total. The number of hydrogen-bond acceptors (Lipinski definition) is 5. The van der Waals surface area contributed by atoms with Crippen LogP contribution in [0.1, 0.15) is 13.3 Å². The Balaban J connectivity index is 4.18. The summed E-state index contributed by atoms with van der Waals surface area (Å²) < 4.78 is 4.60. The Bertz CT molecular complexity index is 188. The van der Waals surface area contributed by atoms with Crippen LogP contribution in [0.15, 0.2) is 5.16 Å². The fourth-order valence-electron chi connectivity index (χ4n) is 0.561. The first-order valence-corrected chi connectivity index (χ1v) is 3.47. The summed E-state index contributed by atoms with van der Waals surface area (Å²) in [7, 11) is 1.30. The molecule has 0 bridgehead atoms. The summed E-state index contributed by atoms with van der Waals surface area (Å²) in [5.41, 5.74) is -0.0191. The highest BCUT2D eigenvalue weighted by atomic mass is 16.6. The molecule has 0 amide bonds. The Kier molecular flexibility index (Phi) is 5.60. The van der Waals surface area contributed by atoms with Gasteiger partial charge in [0, 0.05) is 0 Å². The molecule has 0 rings (SSSR count). The van der Waals surface area contributed by atoms with Crippen molar-refractivity contribution in [3.05, 3.63) is 0 Å². The molecule has 0 aromatic heterocycles. The van der Waals surface area contributed by atoms with Crippen LogP contribution in [0.2, 0.25) is 0 Å². The van der Waals surface area contributed by atoms with Crippen LogP contribution >= 0.6 is 0 Å². The van der Waals surface area contributed by atoms with Crippen LogP contribution in [-0.2, 0) is 19.2 Å². The SMILES string of the molecule is CCOC(=O)C(CC=O)=NOC. The molecule has 0 aliphatic rings. The van der Waals surface area contributed by atoms with Crippen molar-refractivity contribution in [2.45, 2.75) is 13.3 Å². The molecule has 0 fully saturated rings. The average Bonchev–Trinajstić information content (AvgIpc) is 2.04. The number of carbonyl (C=O) groups excluding carboxylic acids is 2. The van der Waals surface area contributed by atoms with E-state index >= 15 is 0 Å². The van der Waals surface area contributed by atoms with Gasteiger partial charge in [-0.05, 0) is 6.92 Å². The van der Waals surface area contributed by atoms with E-state index in [0.29, 0.717) is 6.29 Å². The fourth-order valence-corrected chi connectivity index (χ4v) is 0.561. The van der Waals surface area contributed by atoms with Crippen molar-refractivity contribution in [1.82, 2.24) is 0 Å². The number of hydrogen-bond donors (Lipinski definition) is 0. The predicted octanol–water partition coefficient (Wildman–Crippen LogP) is 0.141. The molecule has 68 valence electrons. The van der Waals surface area contributed by atoms with Crippen molar-refractivity contribution in [2.24, 2.45) is 5.16 Å². The van der Waals surface area contributed by atoms with Crippen molar-refractivity contribution in [2.75, 3.05) is 13.7 Å².